The SMILES string of the molecule is Cc1nc(N2CCN(C(=O)c3ccc(-c4cccs4)cc3)CC2)cc(-n2cccc2)n1. The van der Waals surface area contributed by atoms with Crippen LogP contribution in [0.1, 0.15) is 16.2 Å². The van der Waals surface area contributed by atoms with Gasteiger partial charge in [-0.2, -0.15) is 0 Å². The maximum Gasteiger partial charge on any atom is 0.253 e. The summed E-state index contributed by atoms with van der Waals surface area (Å²) in [7, 11) is 0. The van der Waals surface area contributed by atoms with E-state index in [0.717, 1.165) is 41.7 Å². The number of amides is 1. The third-order valence-corrected chi connectivity index (χ3v) is 6.43. The molecule has 0 spiro atoms. The minimum absolute atomic E-state index is 0.0873. The molecule has 0 atom stereocenters. The van der Waals surface area contributed by atoms with Gasteiger partial charge in [-0.1, -0.05) is 18.2 Å². The minimum atomic E-state index is 0.0873. The first-order valence-electron chi connectivity index (χ1n) is 10.3. The summed E-state index contributed by atoms with van der Waals surface area (Å²) in [5.74, 6) is 2.59. The normalized spacial score (nSPS) is 14.1. The number of aryl methyl sites for hydroxylation is 1. The van der Waals surface area contributed by atoms with Crippen LogP contribution < -0.4 is 4.90 Å². The largest absolute Gasteiger partial charge is 0.353 e. The second kappa shape index (κ2) is 8.35. The van der Waals surface area contributed by atoms with Gasteiger partial charge in [0.1, 0.15) is 17.5 Å². The van der Waals surface area contributed by atoms with Crippen molar-refractivity contribution in [1.82, 2.24) is 19.4 Å². The fraction of sp³-hybridized carbons (Fsp3) is 0.208. The average molecular weight is 430 g/mol. The molecule has 1 aliphatic heterocycles. The van der Waals surface area contributed by atoms with Crippen LogP contribution in [0.3, 0.4) is 0 Å². The van der Waals surface area contributed by atoms with E-state index in [9.17, 15) is 4.79 Å². The zero-order valence-corrected chi connectivity index (χ0v) is 18.1. The Morgan fingerprint density at radius 1 is 0.903 bits per heavy atom. The summed E-state index contributed by atoms with van der Waals surface area (Å²) in [6.45, 7) is 4.76. The number of anilines is 1. The van der Waals surface area contributed by atoms with Crippen molar-refractivity contribution in [2.75, 3.05) is 31.1 Å². The van der Waals surface area contributed by atoms with E-state index < -0.39 is 0 Å². The van der Waals surface area contributed by atoms with Gasteiger partial charge in [-0.25, -0.2) is 9.97 Å². The highest BCUT2D eigenvalue weighted by Crippen LogP contribution is 2.25. The summed E-state index contributed by atoms with van der Waals surface area (Å²) in [4.78, 5) is 27.5. The van der Waals surface area contributed by atoms with Gasteiger partial charge < -0.3 is 14.4 Å². The molecule has 5 rings (SSSR count). The molecule has 0 saturated carbocycles. The predicted molar refractivity (Wildman–Crippen MR) is 124 cm³/mol. The Bertz CT molecular complexity index is 1160. The molecule has 1 aliphatic rings. The van der Waals surface area contributed by atoms with Gasteiger partial charge >= 0.3 is 0 Å². The summed E-state index contributed by atoms with van der Waals surface area (Å²) in [6, 6.07) is 18.0. The Morgan fingerprint density at radius 3 is 2.29 bits per heavy atom. The Morgan fingerprint density at radius 2 is 1.61 bits per heavy atom. The molecule has 1 fully saturated rings. The summed E-state index contributed by atoms with van der Waals surface area (Å²) in [6.07, 6.45) is 3.96. The first-order valence-corrected chi connectivity index (χ1v) is 11.2. The fourth-order valence-electron chi connectivity index (χ4n) is 3.86. The third-order valence-electron chi connectivity index (χ3n) is 5.51. The molecule has 0 unspecified atom stereocenters. The molecule has 6 nitrogen and oxygen atoms in total. The standard InChI is InChI=1S/C24H23N5OS/c1-18-25-22(27-10-2-3-11-27)17-23(26-18)28-12-14-29(15-13-28)24(30)20-8-6-19(7-9-20)21-5-4-16-31-21/h2-11,16-17H,12-15H2,1H3. The summed E-state index contributed by atoms with van der Waals surface area (Å²) >= 11 is 1.70. The molecule has 1 aromatic carbocycles. The first kappa shape index (κ1) is 19.5. The number of thiophene rings is 1. The average Bonchev–Trinajstić information content (AvgIpc) is 3.53. The van der Waals surface area contributed by atoms with Crippen LogP contribution >= 0.6 is 11.3 Å². The molecule has 3 aromatic heterocycles. The lowest BCUT2D eigenvalue weighted by molar-refractivity contribution is 0.0746. The van der Waals surface area contributed by atoms with Gasteiger partial charge in [0.05, 0.1) is 0 Å². The number of hydrogen-bond acceptors (Lipinski definition) is 5. The Balaban J connectivity index is 1.26. The molecular formula is C24H23N5OS. The van der Waals surface area contributed by atoms with E-state index in [4.69, 9.17) is 0 Å². The summed E-state index contributed by atoms with van der Waals surface area (Å²) in [5, 5.41) is 2.06. The van der Waals surface area contributed by atoms with E-state index >= 15 is 0 Å². The molecule has 4 aromatic rings. The molecule has 31 heavy (non-hydrogen) atoms. The Labute approximate surface area is 185 Å². The van der Waals surface area contributed by atoms with Gasteiger partial charge in [0.2, 0.25) is 0 Å². The van der Waals surface area contributed by atoms with Crippen LogP contribution in [0.5, 0.6) is 0 Å². The number of hydrogen-bond donors (Lipinski definition) is 0. The van der Waals surface area contributed by atoms with E-state index in [1.54, 1.807) is 11.3 Å². The van der Waals surface area contributed by atoms with Gasteiger partial charge in [-0.15, -0.1) is 11.3 Å². The van der Waals surface area contributed by atoms with Gasteiger partial charge in [-0.3, -0.25) is 4.79 Å². The van der Waals surface area contributed by atoms with Crippen LogP contribution in [0.2, 0.25) is 0 Å². The van der Waals surface area contributed by atoms with E-state index in [1.165, 1.54) is 4.88 Å². The lowest BCUT2D eigenvalue weighted by Crippen LogP contribution is -2.49. The lowest BCUT2D eigenvalue weighted by atomic mass is 10.1. The zero-order chi connectivity index (χ0) is 21.2. The molecule has 4 heterocycles. The second-order valence-corrected chi connectivity index (χ2v) is 8.50. The lowest BCUT2D eigenvalue weighted by Gasteiger charge is -2.35. The van der Waals surface area contributed by atoms with Crippen LogP contribution in [-0.2, 0) is 0 Å². The van der Waals surface area contributed by atoms with Crippen molar-refractivity contribution >= 4 is 23.1 Å². The van der Waals surface area contributed by atoms with Crippen molar-refractivity contribution in [2.45, 2.75) is 6.92 Å². The molecule has 7 heteroatoms. The van der Waals surface area contributed by atoms with E-state index in [0.29, 0.717) is 13.1 Å². The van der Waals surface area contributed by atoms with Crippen LogP contribution in [0, 0.1) is 6.92 Å². The molecule has 0 N–H and O–H groups in total. The molecule has 156 valence electrons. The van der Waals surface area contributed by atoms with Gasteiger partial charge in [0.25, 0.3) is 5.91 Å². The first-order chi connectivity index (χ1) is 15.2. The highest BCUT2D eigenvalue weighted by molar-refractivity contribution is 7.13. The minimum Gasteiger partial charge on any atom is -0.353 e. The molecule has 1 amide bonds. The van der Waals surface area contributed by atoms with Crippen molar-refractivity contribution in [3.63, 3.8) is 0 Å². The van der Waals surface area contributed by atoms with Crippen LogP contribution in [-0.4, -0.2) is 51.5 Å². The number of carbonyl (C=O) groups excluding carboxylic acids is 1. The Kier molecular flexibility index (Phi) is 5.26. The van der Waals surface area contributed by atoms with Crippen molar-refractivity contribution in [3.05, 3.63) is 83.8 Å². The predicted octanol–water partition coefficient (Wildman–Crippen LogP) is 4.27. The topological polar surface area (TPSA) is 54.3 Å². The maximum absolute atomic E-state index is 13.0. The molecule has 0 radical (unpaired) electrons. The molecule has 0 bridgehead atoms. The summed E-state index contributed by atoms with van der Waals surface area (Å²) in [5.41, 5.74) is 1.88. The van der Waals surface area contributed by atoms with Crippen molar-refractivity contribution < 1.29 is 4.79 Å². The number of benzene rings is 1. The van der Waals surface area contributed by atoms with E-state index in [-0.39, 0.29) is 5.91 Å². The monoisotopic (exact) mass is 429 g/mol. The maximum atomic E-state index is 13.0. The van der Waals surface area contributed by atoms with E-state index in [1.807, 2.05) is 77.3 Å². The fourth-order valence-corrected chi connectivity index (χ4v) is 4.59. The molecule has 0 aliphatic carbocycles. The highest BCUT2D eigenvalue weighted by atomic mass is 32.1. The number of carbonyl (C=O) groups is 1. The van der Waals surface area contributed by atoms with E-state index in [2.05, 4.69) is 26.3 Å². The summed E-state index contributed by atoms with van der Waals surface area (Å²) < 4.78 is 1.98. The second-order valence-electron chi connectivity index (χ2n) is 7.56. The third kappa shape index (κ3) is 4.09. The number of nitrogens with zero attached hydrogens (tertiary/aromatic N) is 5. The number of aromatic nitrogens is 3. The van der Waals surface area contributed by atoms with Crippen molar-refractivity contribution in [2.24, 2.45) is 0 Å². The molecule has 1 saturated heterocycles. The van der Waals surface area contributed by atoms with Crippen LogP contribution in [0.25, 0.3) is 16.3 Å². The zero-order valence-electron chi connectivity index (χ0n) is 17.3. The van der Waals surface area contributed by atoms with Crippen molar-refractivity contribution in [1.29, 1.82) is 0 Å². The van der Waals surface area contributed by atoms with Gasteiger partial charge in [-0.05, 0) is 48.2 Å². The quantitative estimate of drug-likeness (QED) is 0.486. The van der Waals surface area contributed by atoms with Crippen LogP contribution in [0.4, 0.5) is 5.82 Å². The number of rotatable bonds is 4. The van der Waals surface area contributed by atoms with Gasteiger partial charge in [0, 0.05) is 55.1 Å². The van der Waals surface area contributed by atoms with Crippen LogP contribution in [0.15, 0.2) is 72.4 Å². The highest BCUT2D eigenvalue weighted by Gasteiger charge is 2.23. The van der Waals surface area contributed by atoms with Crippen molar-refractivity contribution in [3.8, 4) is 16.3 Å². The smallest absolute Gasteiger partial charge is 0.253 e. The number of piperazine rings is 1. The Hall–Kier alpha value is -3.45. The molecular weight excluding hydrogens is 406 g/mol. The van der Waals surface area contributed by atoms with Gasteiger partial charge in [0.15, 0.2) is 0 Å².